The average Bonchev–Trinajstić information content (AvgIpc) is 1.61. The van der Waals surface area contributed by atoms with Gasteiger partial charge in [0.15, 0.2) is 0 Å². The van der Waals surface area contributed by atoms with Crippen LogP contribution in [0, 0.1) is 0 Å². The first-order valence-corrected chi connectivity index (χ1v) is 2.45. The first-order chi connectivity index (χ1) is 3.27. The van der Waals surface area contributed by atoms with E-state index >= 15 is 0 Å². The highest BCUT2D eigenvalue weighted by atomic mass is 19.1. The Morgan fingerprint density at radius 3 is 2.29 bits per heavy atom. The largest absolute Gasteiger partial charge is 0.376 e. The molecule has 0 bridgehead atoms. The second-order valence-corrected chi connectivity index (χ2v) is 1.61. The molecule has 0 saturated carbocycles. The van der Waals surface area contributed by atoms with Gasteiger partial charge >= 0.3 is 0 Å². The molecule has 0 fully saturated rings. The van der Waals surface area contributed by atoms with Crippen LogP contribution in [-0.4, -0.2) is 19.4 Å². The first-order valence-electron chi connectivity index (χ1n) is 2.45. The smallest absolute Gasteiger partial charge is 0.113 e. The Kier molecular flexibility index (Phi) is 4.00. The fourth-order valence-electron chi connectivity index (χ4n) is 0.280. The second kappa shape index (κ2) is 4.06. The van der Waals surface area contributed by atoms with Crippen LogP contribution in [0.15, 0.2) is 0 Å². The SMILES string of the molecule is CC(C)OCCF. The molecule has 7 heavy (non-hydrogen) atoms. The zero-order chi connectivity index (χ0) is 5.70. The van der Waals surface area contributed by atoms with Gasteiger partial charge in [-0.25, -0.2) is 4.39 Å². The molecule has 0 saturated heterocycles. The van der Waals surface area contributed by atoms with Gasteiger partial charge in [-0.15, -0.1) is 0 Å². The van der Waals surface area contributed by atoms with Gasteiger partial charge in [0.25, 0.3) is 0 Å². The Morgan fingerprint density at radius 1 is 1.57 bits per heavy atom. The van der Waals surface area contributed by atoms with Crippen LogP contribution in [0.25, 0.3) is 0 Å². The third kappa shape index (κ3) is 5.89. The molecule has 1 nitrogen and oxygen atoms in total. The van der Waals surface area contributed by atoms with Crippen LogP contribution in [0.5, 0.6) is 0 Å². The molecule has 2 heteroatoms. The van der Waals surface area contributed by atoms with E-state index in [1.165, 1.54) is 0 Å². The Morgan fingerprint density at radius 2 is 2.14 bits per heavy atom. The van der Waals surface area contributed by atoms with Gasteiger partial charge in [0, 0.05) is 0 Å². The molecule has 0 aromatic carbocycles. The molecule has 44 valence electrons. The predicted molar refractivity (Wildman–Crippen MR) is 27.1 cm³/mol. The van der Waals surface area contributed by atoms with Crippen molar-refractivity contribution in [2.45, 2.75) is 20.0 Å². The van der Waals surface area contributed by atoms with Crippen LogP contribution in [0.1, 0.15) is 13.8 Å². The van der Waals surface area contributed by atoms with E-state index in [0.717, 1.165) is 0 Å². The zero-order valence-corrected chi connectivity index (χ0v) is 4.78. The monoisotopic (exact) mass is 106 g/mol. The summed E-state index contributed by atoms with van der Waals surface area (Å²) in [6.45, 7) is 3.63. The maximum atomic E-state index is 11.2. The van der Waals surface area contributed by atoms with Crippen molar-refractivity contribution in [2.24, 2.45) is 0 Å². The van der Waals surface area contributed by atoms with E-state index in [0.29, 0.717) is 0 Å². The molecule has 0 rings (SSSR count). The lowest BCUT2D eigenvalue weighted by molar-refractivity contribution is 0.0681. The minimum Gasteiger partial charge on any atom is -0.376 e. The van der Waals surface area contributed by atoms with E-state index < -0.39 is 0 Å². The first kappa shape index (κ1) is 6.89. The lowest BCUT2D eigenvalue weighted by Gasteiger charge is -2.01. The summed E-state index contributed by atoms with van der Waals surface area (Å²) in [5.74, 6) is 0. The Hall–Kier alpha value is -0.110. The molecule has 0 radical (unpaired) electrons. The Labute approximate surface area is 43.5 Å². The van der Waals surface area contributed by atoms with Crippen molar-refractivity contribution in [1.82, 2.24) is 0 Å². The van der Waals surface area contributed by atoms with E-state index in [2.05, 4.69) is 0 Å². The van der Waals surface area contributed by atoms with Crippen LogP contribution in [0.4, 0.5) is 4.39 Å². The van der Waals surface area contributed by atoms with Crippen molar-refractivity contribution in [3.63, 3.8) is 0 Å². The van der Waals surface area contributed by atoms with Crippen molar-refractivity contribution in [1.29, 1.82) is 0 Å². The van der Waals surface area contributed by atoms with Crippen LogP contribution in [0.2, 0.25) is 0 Å². The quantitative estimate of drug-likeness (QED) is 0.528. The summed E-state index contributed by atoms with van der Waals surface area (Å²) in [6, 6.07) is 0. The number of rotatable bonds is 3. The minimum absolute atomic E-state index is 0.163. The van der Waals surface area contributed by atoms with Crippen LogP contribution in [0.3, 0.4) is 0 Å². The van der Waals surface area contributed by atoms with Gasteiger partial charge in [-0.1, -0.05) is 0 Å². The highest BCUT2D eigenvalue weighted by Crippen LogP contribution is 1.85. The van der Waals surface area contributed by atoms with Crippen molar-refractivity contribution >= 4 is 0 Å². The maximum Gasteiger partial charge on any atom is 0.113 e. The number of hydrogen-bond donors (Lipinski definition) is 0. The number of alkyl halides is 1. The van der Waals surface area contributed by atoms with Gasteiger partial charge in [-0.05, 0) is 13.8 Å². The summed E-state index contributed by atoms with van der Waals surface area (Å²) < 4.78 is 16.0. The molecular formula is C5H11FO. The van der Waals surface area contributed by atoms with Gasteiger partial charge in [0.05, 0.1) is 12.7 Å². The van der Waals surface area contributed by atoms with Gasteiger partial charge in [-0.2, -0.15) is 0 Å². The molecule has 0 aliphatic rings. The molecule has 0 spiro atoms. The third-order valence-electron chi connectivity index (χ3n) is 0.528. The summed E-state index contributed by atoms with van der Waals surface area (Å²) in [6.07, 6.45) is 0.163. The lowest BCUT2D eigenvalue weighted by atomic mass is 10.5. The summed E-state index contributed by atoms with van der Waals surface area (Å²) in [5.41, 5.74) is 0. The van der Waals surface area contributed by atoms with E-state index in [9.17, 15) is 4.39 Å². The molecule has 0 aromatic heterocycles. The van der Waals surface area contributed by atoms with Crippen LogP contribution in [-0.2, 0) is 4.74 Å². The molecule has 0 N–H and O–H groups in total. The van der Waals surface area contributed by atoms with Crippen LogP contribution >= 0.6 is 0 Å². The molecule has 0 unspecified atom stereocenters. The van der Waals surface area contributed by atoms with E-state index in [1.54, 1.807) is 0 Å². The normalized spacial score (nSPS) is 10.3. The number of hydrogen-bond acceptors (Lipinski definition) is 1. The topological polar surface area (TPSA) is 9.23 Å². The van der Waals surface area contributed by atoms with E-state index in [1.807, 2.05) is 13.8 Å². The Balaban J connectivity index is 2.68. The molecule has 0 heterocycles. The lowest BCUT2D eigenvalue weighted by Crippen LogP contribution is -2.04. The summed E-state index contributed by atoms with van der Waals surface area (Å²) in [7, 11) is 0. The number of halogens is 1. The summed E-state index contributed by atoms with van der Waals surface area (Å²) >= 11 is 0. The minimum atomic E-state index is -0.377. The molecular weight excluding hydrogens is 95.1 g/mol. The van der Waals surface area contributed by atoms with Gasteiger partial charge in [0.1, 0.15) is 6.67 Å². The molecule has 0 aliphatic carbocycles. The third-order valence-corrected chi connectivity index (χ3v) is 0.528. The standard InChI is InChI=1S/C5H11FO/c1-5(2)7-4-3-6/h5H,3-4H2,1-2H3. The zero-order valence-electron chi connectivity index (χ0n) is 4.78. The van der Waals surface area contributed by atoms with E-state index in [-0.39, 0.29) is 19.4 Å². The maximum absolute atomic E-state index is 11.2. The molecule has 0 aliphatic heterocycles. The van der Waals surface area contributed by atoms with Crippen molar-refractivity contribution < 1.29 is 9.13 Å². The Bertz CT molecular complexity index is 37.1. The van der Waals surface area contributed by atoms with Crippen molar-refractivity contribution in [2.75, 3.05) is 13.3 Å². The van der Waals surface area contributed by atoms with Crippen molar-refractivity contribution in [3.05, 3.63) is 0 Å². The van der Waals surface area contributed by atoms with Crippen LogP contribution < -0.4 is 0 Å². The molecule has 0 amide bonds. The fraction of sp³-hybridized carbons (Fsp3) is 1.00. The van der Waals surface area contributed by atoms with Gasteiger partial charge in [0.2, 0.25) is 0 Å². The number of ether oxygens (including phenoxy) is 1. The summed E-state index contributed by atoms with van der Waals surface area (Å²) in [5, 5.41) is 0. The van der Waals surface area contributed by atoms with Gasteiger partial charge < -0.3 is 4.74 Å². The predicted octanol–water partition coefficient (Wildman–Crippen LogP) is 1.38. The molecule has 0 aromatic rings. The van der Waals surface area contributed by atoms with Crippen molar-refractivity contribution in [3.8, 4) is 0 Å². The average molecular weight is 106 g/mol. The highest BCUT2D eigenvalue weighted by molar-refractivity contribution is 4.33. The molecule has 0 atom stereocenters. The summed E-state index contributed by atoms with van der Waals surface area (Å²) in [4.78, 5) is 0. The van der Waals surface area contributed by atoms with Gasteiger partial charge in [-0.3, -0.25) is 0 Å². The second-order valence-electron chi connectivity index (χ2n) is 1.61. The highest BCUT2D eigenvalue weighted by Gasteiger charge is 1.88. The van der Waals surface area contributed by atoms with E-state index in [4.69, 9.17) is 4.74 Å². The fourth-order valence-corrected chi connectivity index (χ4v) is 0.280.